The van der Waals surface area contributed by atoms with Gasteiger partial charge in [0.25, 0.3) is 0 Å². The van der Waals surface area contributed by atoms with Crippen LogP contribution in [0.5, 0.6) is 0 Å². The van der Waals surface area contributed by atoms with Crippen molar-refractivity contribution in [2.75, 3.05) is 13.2 Å². The van der Waals surface area contributed by atoms with E-state index in [1.54, 1.807) is 13.8 Å². The van der Waals surface area contributed by atoms with E-state index in [-0.39, 0.29) is 48.1 Å². The fourth-order valence-corrected chi connectivity index (χ4v) is 5.97. The Balaban J connectivity index is 1.90. The number of fused-ring (bicyclic) bond motifs is 1. The molecule has 0 heterocycles. The first-order valence-electron chi connectivity index (χ1n) is 10.2. The first-order valence-corrected chi connectivity index (χ1v) is 10.2. The molecule has 2 fully saturated rings. The van der Waals surface area contributed by atoms with Gasteiger partial charge < -0.3 is 14.6 Å². The summed E-state index contributed by atoms with van der Waals surface area (Å²) in [5.74, 6) is -0.138. The Bertz CT molecular complexity index is 730. The van der Waals surface area contributed by atoms with Crippen molar-refractivity contribution in [1.82, 2.24) is 0 Å². The summed E-state index contributed by atoms with van der Waals surface area (Å²) in [6, 6.07) is 0. The Morgan fingerprint density at radius 3 is 2.54 bits per heavy atom. The Kier molecular flexibility index (Phi) is 5.24. The molecule has 0 aromatic heterocycles. The first kappa shape index (κ1) is 21.0. The number of ether oxygens (including phenoxy) is 2. The molecule has 2 bridgehead atoms. The van der Waals surface area contributed by atoms with E-state index in [1.165, 1.54) is 6.92 Å². The zero-order valence-corrected chi connectivity index (χ0v) is 17.6. The molecule has 0 radical (unpaired) electrons. The van der Waals surface area contributed by atoms with E-state index in [2.05, 4.69) is 13.8 Å². The standard InChI is InChI=1S/C22H32O6/c1-13-6-7-15-8-17-16(11-27-14(2)23)18(24)9-22(13,17)21(15,5)12-28-19(25)10-20(3,4)26/h13,15,26H,6-12H2,1-5H3/t13-,15-,21-,22+/m1/s1. The lowest BCUT2D eigenvalue weighted by molar-refractivity contribution is -0.159. The van der Waals surface area contributed by atoms with Crippen molar-refractivity contribution in [2.24, 2.45) is 22.7 Å². The topological polar surface area (TPSA) is 89.9 Å². The molecule has 0 aromatic carbocycles. The number of hydrogen-bond acceptors (Lipinski definition) is 6. The lowest BCUT2D eigenvalue weighted by Gasteiger charge is -2.52. The quantitative estimate of drug-likeness (QED) is 0.699. The molecule has 0 saturated heterocycles. The maximum Gasteiger partial charge on any atom is 0.308 e. The zero-order valence-electron chi connectivity index (χ0n) is 17.6. The Morgan fingerprint density at radius 2 is 1.93 bits per heavy atom. The van der Waals surface area contributed by atoms with Crippen LogP contribution < -0.4 is 0 Å². The molecule has 0 amide bonds. The van der Waals surface area contributed by atoms with Gasteiger partial charge in [-0.25, -0.2) is 0 Å². The number of hydrogen-bond donors (Lipinski definition) is 1. The van der Waals surface area contributed by atoms with Gasteiger partial charge in [-0.1, -0.05) is 19.4 Å². The minimum absolute atomic E-state index is 0.0409. The van der Waals surface area contributed by atoms with E-state index in [0.29, 0.717) is 17.9 Å². The average Bonchev–Trinajstić information content (AvgIpc) is 2.90. The third-order valence-corrected chi connectivity index (χ3v) is 7.37. The van der Waals surface area contributed by atoms with Crippen LogP contribution in [0.15, 0.2) is 11.1 Å². The number of esters is 2. The van der Waals surface area contributed by atoms with Crippen LogP contribution in [0.25, 0.3) is 0 Å². The molecule has 0 aromatic rings. The smallest absolute Gasteiger partial charge is 0.308 e. The Morgan fingerprint density at radius 1 is 1.25 bits per heavy atom. The third-order valence-electron chi connectivity index (χ3n) is 7.37. The fraction of sp³-hybridized carbons (Fsp3) is 0.773. The van der Waals surface area contributed by atoms with Crippen molar-refractivity contribution in [2.45, 2.75) is 72.3 Å². The summed E-state index contributed by atoms with van der Waals surface area (Å²) in [7, 11) is 0. The molecule has 0 aliphatic heterocycles. The van der Waals surface area contributed by atoms with Gasteiger partial charge in [0.1, 0.15) is 6.61 Å². The lowest BCUT2D eigenvalue weighted by Crippen LogP contribution is -2.50. The highest BCUT2D eigenvalue weighted by Gasteiger charge is 2.68. The summed E-state index contributed by atoms with van der Waals surface area (Å²) in [5, 5.41) is 9.88. The normalized spacial score (nSPS) is 34.4. The summed E-state index contributed by atoms with van der Waals surface area (Å²) in [6.07, 6.45) is 3.20. The van der Waals surface area contributed by atoms with Crippen LogP contribution in [-0.2, 0) is 23.9 Å². The molecule has 28 heavy (non-hydrogen) atoms. The molecule has 4 atom stereocenters. The maximum absolute atomic E-state index is 12.9. The molecule has 2 saturated carbocycles. The van der Waals surface area contributed by atoms with Gasteiger partial charge in [0.15, 0.2) is 5.78 Å². The summed E-state index contributed by atoms with van der Waals surface area (Å²) in [4.78, 5) is 36.4. The number of allylic oxidation sites excluding steroid dienone is 1. The number of carbonyl (C=O) groups is 3. The van der Waals surface area contributed by atoms with Crippen LogP contribution >= 0.6 is 0 Å². The molecule has 156 valence electrons. The van der Waals surface area contributed by atoms with Crippen molar-refractivity contribution < 1.29 is 29.0 Å². The molecule has 0 unspecified atom stereocenters. The predicted molar refractivity (Wildman–Crippen MR) is 102 cm³/mol. The zero-order chi connectivity index (χ0) is 20.9. The monoisotopic (exact) mass is 392 g/mol. The minimum Gasteiger partial charge on any atom is -0.465 e. The second kappa shape index (κ2) is 6.97. The number of carbonyl (C=O) groups excluding carboxylic acids is 3. The number of rotatable bonds is 6. The van der Waals surface area contributed by atoms with Gasteiger partial charge in [0, 0.05) is 29.7 Å². The molecule has 1 spiro atoms. The number of Topliss-reactive ketones (excluding diaryl/α,β-unsaturated/α-hetero) is 1. The van der Waals surface area contributed by atoms with Crippen molar-refractivity contribution in [3.05, 3.63) is 11.1 Å². The Hall–Kier alpha value is -1.69. The van der Waals surface area contributed by atoms with Crippen LogP contribution in [0, 0.1) is 22.7 Å². The van der Waals surface area contributed by atoms with Crippen LogP contribution in [0.1, 0.15) is 66.7 Å². The molecule has 1 N–H and O–H groups in total. The molecule has 6 heteroatoms. The molecule has 3 aliphatic carbocycles. The lowest BCUT2D eigenvalue weighted by atomic mass is 9.52. The summed E-state index contributed by atoms with van der Waals surface area (Å²) in [6.45, 7) is 9.12. The van der Waals surface area contributed by atoms with Gasteiger partial charge in [-0.2, -0.15) is 0 Å². The maximum atomic E-state index is 12.9. The fourth-order valence-electron chi connectivity index (χ4n) is 5.97. The predicted octanol–water partition coefficient (Wildman–Crippen LogP) is 2.97. The van der Waals surface area contributed by atoms with Crippen molar-refractivity contribution in [3.63, 3.8) is 0 Å². The van der Waals surface area contributed by atoms with Crippen molar-refractivity contribution >= 4 is 17.7 Å². The summed E-state index contributed by atoms with van der Waals surface area (Å²) in [5.41, 5.74) is -0.00329. The summed E-state index contributed by atoms with van der Waals surface area (Å²) >= 11 is 0. The second-order valence-corrected chi connectivity index (χ2v) is 9.76. The highest BCUT2D eigenvalue weighted by molar-refractivity contribution is 6.01. The first-order chi connectivity index (χ1) is 12.9. The SMILES string of the molecule is CC(=O)OCC1=C2C[C@H]3CC[C@@H](C)[C@]2(CC1=O)[C@]3(C)COC(=O)CC(C)(C)O. The van der Waals surface area contributed by atoms with Crippen LogP contribution in [-0.4, -0.2) is 41.6 Å². The van der Waals surface area contributed by atoms with Gasteiger partial charge >= 0.3 is 11.9 Å². The largest absolute Gasteiger partial charge is 0.465 e. The van der Waals surface area contributed by atoms with E-state index < -0.39 is 11.6 Å². The van der Waals surface area contributed by atoms with E-state index in [1.807, 2.05) is 0 Å². The molecule has 6 nitrogen and oxygen atoms in total. The third kappa shape index (κ3) is 3.30. The Labute approximate surface area is 166 Å². The van der Waals surface area contributed by atoms with Crippen molar-refractivity contribution in [1.29, 1.82) is 0 Å². The van der Waals surface area contributed by atoms with Crippen LogP contribution in [0.4, 0.5) is 0 Å². The van der Waals surface area contributed by atoms with Gasteiger partial charge in [-0.3, -0.25) is 14.4 Å². The van der Waals surface area contributed by atoms with Gasteiger partial charge in [-0.15, -0.1) is 0 Å². The number of aliphatic hydroxyl groups is 1. The van der Waals surface area contributed by atoms with Gasteiger partial charge in [-0.05, 0) is 44.9 Å². The highest BCUT2D eigenvalue weighted by Crippen LogP contribution is 2.72. The van der Waals surface area contributed by atoms with E-state index >= 15 is 0 Å². The van der Waals surface area contributed by atoms with E-state index in [4.69, 9.17) is 9.47 Å². The molecule has 3 rings (SSSR count). The molecular formula is C22H32O6. The van der Waals surface area contributed by atoms with Gasteiger partial charge in [0.05, 0.1) is 18.6 Å². The van der Waals surface area contributed by atoms with Crippen LogP contribution in [0.2, 0.25) is 0 Å². The van der Waals surface area contributed by atoms with Crippen LogP contribution in [0.3, 0.4) is 0 Å². The molecular weight excluding hydrogens is 360 g/mol. The molecule has 3 aliphatic rings. The van der Waals surface area contributed by atoms with E-state index in [0.717, 1.165) is 24.8 Å². The average molecular weight is 392 g/mol. The number of ketones is 1. The van der Waals surface area contributed by atoms with Gasteiger partial charge in [0.2, 0.25) is 0 Å². The van der Waals surface area contributed by atoms with E-state index in [9.17, 15) is 19.5 Å². The second-order valence-electron chi connectivity index (χ2n) is 9.76. The minimum atomic E-state index is -1.11. The summed E-state index contributed by atoms with van der Waals surface area (Å²) < 4.78 is 10.8. The van der Waals surface area contributed by atoms with Crippen molar-refractivity contribution in [3.8, 4) is 0 Å². The highest BCUT2D eigenvalue weighted by atomic mass is 16.5.